The summed E-state index contributed by atoms with van der Waals surface area (Å²) in [5, 5.41) is 22.8. The van der Waals surface area contributed by atoms with Crippen molar-refractivity contribution in [3.63, 3.8) is 0 Å². The highest BCUT2D eigenvalue weighted by atomic mass is 32.2. The molecule has 1 aliphatic heterocycles. The van der Waals surface area contributed by atoms with Crippen LogP contribution >= 0.6 is 0 Å². The second kappa shape index (κ2) is 14.6. The largest absolute Gasteiger partial charge is 0.505 e. The van der Waals surface area contributed by atoms with Crippen molar-refractivity contribution in [2.45, 2.75) is 30.1 Å². The molecule has 0 aliphatic carbocycles. The molecule has 1 fully saturated rings. The maximum atomic E-state index is 14.6. The number of phenols is 1. The summed E-state index contributed by atoms with van der Waals surface area (Å²) < 4.78 is 107. The second-order valence-corrected chi connectivity index (χ2v) is 15.4. The lowest BCUT2D eigenvalue weighted by atomic mass is 10.0. The summed E-state index contributed by atoms with van der Waals surface area (Å²) >= 11 is -1.61. The van der Waals surface area contributed by atoms with E-state index >= 15 is 0 Å². The maximum absolute atomic E-state index is 14.6. The van der Waals surface area contributed by atoms with Gasteiger partial charge < -0.3 is 24.2 Å². The number of hydrogen-bond donors (Lipinski definition) is 4. The van der Waals surface area contributed by atoms with Crippen LogP contribution in [0, 0.1) is 13.0 Å². The van der Waals surface area contributed by atoms with Gasteiger partial charge in [-0.1, -0.05) is 13.0 Å². The van der Waals surface area contributed by atoms with Crippen molar-refractivity contribution in [2.24, 2.45) is 10.2 Å². The van der Waals surface area contributed by atoms with E-state index in [9.17, 15) is 39.6 Å². The van der Waals surface area contributed by atoms with Crippen LogP contribution in [0.5, 0.6) is 11.5 Å². The molecule has 4 N–H and O–H groups in total. The van der Waals surface area contributed by atoms with Crippen molar-refractivity contribution >= 4 is 81.8 Å². The fourth-order valence-corrected chi connectivity index (χ4v) is 7.62. The average Bonchev–Trinajstić information content (AvgIpc) is 3.07. The Balaban J connectivity index is 1.45. The predicted octanol–water partition coefficient (Wildman–Crippen LogP) is 5.27. The van der Waals surface area contributed by atoms with Crippen LogP contribution in [0.1, 0.15) is 18.9 Å². The molecule has 17 nitrogen and oxygen atoms in total. The van der Waals surface area contributed by atoms with E-state index in [2.05, 4.69) is 30.5 Å². The first-order valence-electron chi connectivity index (χ1n) is 15.4. The average molecular weight is 776 g/mol. The zero-order valence-corrected chi connectivity index (χ0v) is 29.8. The van der Waals surface area contributed by atoms with E-state index in [4.69, 9.17) is 8.92 Å². The normalized spacial score (nSPS) is 14.7. The monoisotopic (exact) mass is 775 g/mol. The molecule has 0 amide bonds. The minimum Gasteiger partial charge on any atom is -0.505 e. The number of halogens is 1. The number of fused-ring (bicyclic) bond motifs is 2. The molecule has 0 bridgehead atoms. The van der Waals surface area contributed by atoms with E-state index in [0.29, 0.717) is 43.9 Å². The van der Waals surface area contributed by atoms with Crippen LogP contribution in [0.2, 0.25) is 0 Å². The molecule has 1 aromatic heterocycles. The van der Waals surface area contributed by atoms with E-state index in [1.165, 1.54) is 43.3 Å². The van der Waals surface area contributed by atoms with E-state index in [1.807, 2.05) is 6.92 Å². The lowest BCUT2D eigenvalue weighted by Crippen LogP contribution is -2.37. The maximum Gasteiger partial charge on any atom is 0.315 e. The molecule has 2 heterocycles. The molecule has 274 valence electrons. The molecular formula is C31H30FN7O10S3. The number of phenolic OH excluding ortho intramolecular Hbond substituents is 1. The van der Waals surface area contributed by atoms with Gasteiger partial charge >= 0.3 is 6.08 Å². The summed E-state index contributed by atoms with van der Waals surface area (Å²) in [6.45, 7) is 4.78. The number of hydrogen-bond acceptors (Lipinski definition) is 15. The molecule has 0 saturated carbocycles. The molecule has 1 saturated heterocycles. The fraction of sp³-hybridized carbons (Fsp3) is 0.258. The summed E-state index contributed by atoms with van der Waals surface area (Å²) in [7, 11) is -9.70. The summed E-state index contributed by atoms with van der Waals surface area (Å²) in [6, 6.07) is 10.4. The second-order valence-electron chi connectivity index (χ2n) is 11.5. The highest BCUT2D eigenvalue weighted by Crippen LogP contribution is 2.44. The van der Waals surface area contributed by atoms with Gasteiger partial charge in [-0.15, -0.1) is 10.2 Å². The number of rotatable bonds is 11. The smallest absolute Gasteiger partial charge is 0.315 e. The number of aromatic hydroxyl groups is 1. The van der Waals surface area contributed by atoms with E-state index in [1.54, 1.807) is 4.90 Å². The third-order valence-corrected chi connectivity index (χ3v) is 10.7. The zero-order chi connectivity index (χ0) is 37.4. The number of azo groups is 1. The Labute approximate surface area is 298 Å². The first-order valence-corrected chi connectivity index (χ1v) is 19.6. The number of anilines is 3. The van der Waals surface area contributed by atoms with Crippen LogP contribution in [-0.4, -0.2) is 82.3 Å². The van der Waals surface area contributed by atoms with E-state index in [0.717, 1.165) is 12.1 Å². The van der Waals surface area contributed by atoms with Crippen molar-refractivity contribution < 1.29 is 48.6 Å². The molecule has 1 unspecified atom stereocenters. The Morgan fingerprint density at radius 1 is 0.981 bits per heavy atom. The van der Waals surface area contributed by atoms with Gasteiger partial charge in [0.05, 0.1) is 29.5 Å². The van der Waals surface area contributed by atoms with Gasteiger partial charge in [-0.25, -0.2) is 4.21 Å². The lowest BCUT2D eigenvalue weighted by Gasteiger charge is -2.26. The van der Waals surface area contributed by atoms with Gasteiger partial charge in [-0.05, 0) is 72.1 Å². The van der Waals surface area contributed by atoms with Crippen molar-refractivity contribution in [1.29, 1.82) is 0 Å². The number of aryl methyl sites for hydroxylation is 1. The molecule has 4 aromatic carbocycles. The topological polar surface area (TPSA) is 243 Å². The van der Waals surface area contributed by atoms with Crippen LogP contribution in [0.25, 0.3) is 21.5 Å². The van der Waals surface area contributed by atoms with Crippen LogP contribution in [0.15, 0.2) is 68.6 Å². The van der Waals surface area contributed by atoms with Crippen LogP contribution in [0.4, 0.5) is 33.3 Å². The molecular weight excluding hydrogens is 746 g/mol. The fourth-order valence-electron chi connectivity index (χ4n) is 5.51. The summed E-state index contributed by atoms with van der Waals surface area (Å²) in [5.74, 6) is -0.444. The van der Waals surface area contributed by atoms with E-state index in [-0.39, 0.29) is 56.4 Å². The van der Waals surface area contributed by atoms with Crippen LogP contribution in [0.3, 0.4) is 0 Å². The summed E-state index contributed by atoms with van der Waals surface area (Å²) in [6.07, 6.45) is -0.532. The third kappa shape index (κ3) is 7.93. The van der Waals surface area contributed by atoms with Gasteiger partial charge in [0.2, 0.25) is 23.0 Å². The Kier molecular flexibility index (Phi) is 10.3. The summed E-state index contributed by atoms with van der Waals surface area (Å²) in [5.41, 5.74) is -0.424. The number of aromatic nitrogens is 3. The van der Waals surface area contributed by atoms with E-state index < -0.39 is 52.9 Å². The van der Waals surface area contributed by atoms with Crippen molar-refractivity contribution in [1.82, 2.24) is 15.0 Å². The standard InChI is InChI=1S/C31H30FN7O10S3/c1-3-12-50(41)49-20-5-6-22-18(14-20)4-7-23(28(22)52(45,46)47)37-38-26-17(2)13-19-15-21(51(42,43)44)16-24(25(19)27(26)40)33-30-34-29(32)35-31(36-30)39-8-10-48-11-9-39/h4-7,13-16,40H,3,8-12H2,1-2H3,(H,42,43,44)(H,45,46,47)(H,33,34,35,36). The van der Waals surface area contributed by atoms with Crippen LogP contribution < -0.4 is 14.4 Å². The number of nitrogens with zero attached hydrogens (tertiary/aromatic N) is 6. The highest BCUT2D eigenvalue weighted by molar-refractivity contribution is 7.86. The quantitative estimate of drug-likeness (QED) is 0.0986. The Bertz CT molecular complexity index is 2500. The molecule has 5 aromatic rings. The highest BCUT2D eigenvalue weighted by Gasteiger charge is 2.24. The van der Waals surface area contributed by atoms with Crippen LogP contribution in [-0.2, 0) is 36.1 Å². The molecule has 1 aliphatic rings. The number of nitrogens with one attached hydrogen (secondary N) is 1. The molecule has 21 heteroatoms. The molecule has 6 rings (SSSR count). The zero-order valence-electron chi connectivity index (χ0n) is 27.3. The van der Waals surface area contributed by atoms with Gasteiger partial charge in [0.1, 0.15) is 22.0 Å². The Hall–Kier alpha value is -4.93. The first-order chi connectivity index (χ1) is 24.6. The molecule has 0 radical (unpaired) electrons. The minimum absolute atomic E-state index is 0.0247. The molecule has 0 spiro atoms. The van der Waals surface area contributed by atoms with Gasteiger partial charge in [0.25, 0.3) is 20.2 Å². The summed E-state index contributed by atoms with van der Waals surface area (Å²) in [4.78, 5) is 12.1. The first kappa shape index (κ1) is 36.8. The van der Waals surface area contributed by atoms with Gasteiger partial charge in [0, 0.05) is 23.9 Å². The van der Waals surface area contributed by atoms with Gasteiger partial charge in [-0.3, -0.25) is 9.11 Å². The van der Waals surface area contributed by atoms with Gasteiger partial charge in [-0.2, -0.15) is 36.2 Å². The molecule has 1 atom stereocenters. The Morgan fingerprint density at radius 3 is 2.42 bits per heavy atom. The SMILES string of the molecule is CCCS(=O)Oc1ccc2c(S(=O)(=O)O)c(N=Nc3c(C)cc4cc(S(=O)(=O)O)cc(Nc5nc(F)nc(N6CCOCC6)n5)c4c3O)ccc2c1. The van der Waals surface area contributed by atoms with Gasteiger partial charge in [0.15, 0.2) is 5.75 Å². The lowest BCUT2D eigenvalue weighted by molar-refractivity contribution is 0.122. The number of benzene rings is 4. The number of ether oxygens (including phenoxy) is 1. The van der Waals surface area contributed by atoms with Crippen molar-refractivity contribution in [2.75, 3.05) is 42.3 Å². The van der Waals surface area contributed by atoms with Crippen molar-refractivity contribution in [3.05, 3.63) is 60.2 Å². The Morgan fingerprint density at radius 2 is 1.73 bits per heavy atom. The minimum atomic E-state index is -4.91. The number of morpholine rings is 1. The molecule has 52 heavy (non-hydrogen) atoms. The van der Waals surface area contributed by atoms with Crippen molar-refractivity contribution in [3.8, 4) is 11.5 Å². The predicted molar refractivity (Wildman–Crippen MR) is 188 cm³/mol. The third-order valence-electron chi connectivity index (χ3n) is 7.78.